The topological polar surface area (TPSA) is 138 Å². The van der Waals surface area contributed by atoms with E-state index in [1.807, 2.05) is 5.43 Å². The lowest BCUT2D eigenvalue weighted by atomic mass is 9.96. The van der Waals surface area contributed by atoms with E-state index in [1.165, 1.54) is 11.4 Å². The first-order valence-electron chi connectivity index (χ1n) is 11.8. The van der Waals surface area contributed by atoms with Crippen LogP contribution in [0.25, 0.3) is 0 Å². The van der Waals surface area contributed by atoms with Crippen LogP contribution in [-0.2, 0) is 30.5 Å². The van der Waals surface area contributed by atoms with Crippen LogP contribution in [0.5, 0.6) is 0 Å². The molecule has 0 saturated carbocycles. The third-order valence-corrected chi connectivity index (χ3v) is 7.91. The summed E-state index contributed by atoms with van der Waals surface area (Å²) in [6, 6.07) is -2.05. The average Bonchev–Trinajstić information content (AvgIpc) is 2.85. The summed E-state index contributed by atoms with van der Waals surface area (Å²) < 4.78 is 115. The Kier molecular flexibility index (Phi) is 10.3. The van der Waals surface area contributed by atoms with E-state index in [1.54, 1.807) is 4.90 Å². The van der Waals surface area contributed by atoms with E-state index in [2.05, 4.69) is 20.7 Å². The first-order valence-corrected chi connectivity index (χ1v) is 13.4. The number of ether oxygens (including phenoxy) is 2. The smallest absolute Gasteiger partial charge is 0.383 e. The number of halogens is 6. The summed E-state index contributed by atoms with van der Waals surface area (Å²) in [6.45, 7) is -0.253. The third kappa shape index (κ3) is 8.58. The van der Waals surface area contributed by atoms with E-state index >= 15 is 0 Å². The molecule has 0 aromatic carbocycles. The molecule has 3 atom stereocenters. The SMILES string of the molecule is COC[C@@H](COCCS(=O)(=O)N1CCN(c2ncc(C(F)(F)F)cn2)CC1)NC1CNNC(=O)C1C(F)(F)F. The Hall–Kier alpha value is -2.32. The number of carbonyl (C=O) groups excluding carboxylic acids is 1. The normalized spacial score (nSPS) is 22.5. The van der Waals surface area contributed by atoms with Crippen molar-refractivity contribution < 1.29 is 49.0 Å². The minimum absolute atomic E-state index is 0.0517. The standard InChI is InChI=1S/C20H29F6N7O5S/c1-37-11-14(30-15-10-29-31-17(34)16(15)20(24,25)26)12-38-6-7-39(35,36)33-4-2-32(3-5-33)18-27-8-13(9-28-18)19(21,22)23/h8-9,14-16,29-30H,2-7,10-12H2,1H3,(H,31,34)/t14-,15?,16?/m0/s1. The van der Waals surface area contributed by atoms with Crippen molar-refractivity contribution in [3.05, 3.63) is 18.0 Å². The van der Waals surface area contributed by atoms with Crippen molar-refractivity contribution in [1.29, 1.82) is 0 Å². The Bertz CT molecular complexity index is 1050. The molecule has 0 bridgehead atoms. The maximum Gasteiger partial charge on any atom is 0.419 e. The number of aromatic nitrogens is 2. The number of nitrogens with zero attached hydrogens (tertiary/aromatic N) is 4. The lowest BCUT2D eigenvalue weighted by Crippen LogP contribution is -2.65. The van der Waals surface area contributed by atoms with Gasteiger partial charge in [-0.05, 0) is 0 Å². The number of amides is 1. The average molecular weight is 594 g/mol. The van der Waals surface area contributed by atoms with Crippen LogP contribution in [-0.4, -0.2) is 112 Å². The lowest BCUT2D eigenvalue weighted by Gasteiger charge is -2.35. The molecule has 2 aliphatic heterocycles. The molecule has 2 saturated heterocycles. The highest BCUT2D eigenvalue weighted by atomic mass is 32.2. The molecule has 3 heterocycles. The van der Waals surface area contributed by atoms with Crippen molar-refractivity contribution in [2.45, 2.75) is 24.4 Å². The molecule has 1 amide bonds. The van der Waals surface area contributed by atoms with Crippen molar-refractivity contribution in [1.82, 2.24) is 30.4 Å². The zero-order valence-corrected chi connectivity index (χ0v) is 21.6. The van der Waals surface area contributed by atoms with E-state index in [9.17, 15) is 39.6 Å². The molecule has 0 aliphatic carbocycles. The van der Waals surface area contributed by atoms with Crippen LogP contribution in [0.3, 0.4) is 0 Å². The first kappa shape index (κ1) is 31.2. The maximum atomic E-state index is 13.4. The van der Waals surface area contributed by atoms with Gasteiger partial charge in [0.2, 0.25) is 21.9 Å². The lowest BCUT2D eigenvalue weighted by molar-refractivity contribution is -0.193. The Labute approximate surface area is 220 Å². The molecular weight excluding hydrogens is 564 g/mol. The fourth-order valence-corrected chi connectivity index (χ4v) is 5.43. The van der Waals surface area contributed by atoms with E-state index in [4.69, 9.17) is 9.47 Å². The van der Waals surface area contributed by atoms with E-state index in [0.717, 1.165) is 0 Å². The molecule has 3 rings (SSSR count). The summed E-state index contributed by atoms with van der Waals surface area (Å²) in [6.07, 6.45) is -8.02. The quantitative estimate of drug-likeness (QED) is 0.233. The van der Waals surface area contributed by atoms with E-state index in [-0.39, 0.29) is 58.5 Å². The van der Waals surface area contributed by atoms with Crippen molar-refractivity contribution in [3.8, 4) is 0 Å². The van der Waals surface area contributed by atoms with Crippen molar-refractivity contribution >= 4 is 21.9 Å². The number of alkyl halides is 6. The molecule has 2 aliphatic rings. The summed E-state index contributed by atoms with van der Waals surface area (Å²) in [5.74, 6) is -3.86. The number of methoxy groups -OCH3 is 1. The van der Waals surface area contributed by atoms with Crippen LogP contribution in [0.2, 0.25) is 0 Å². The minimum Gasteiger partial charge on any atom is -0.383 e. The zero-order valence-electron chi connectivity index (χ0n) is 20.8. The van der Waals surface area contributed by atoms with Gasteiger partial charge in [0.25, 0.3) is 0 Å². The van der Waals surface area contributed by atoms with Crippen LogP contribution in [0.1, 0.15) is 5.56 Å². The minimum atomic E-state index is -4.78. The number of hydrazine groups is 1. The van der Waals surface area contributed by atoms with Gasteiger partial charge in [0.05, 0.1) is 37.2 Å². The van der Waals surface area contributed by atoms with Gasteiger partial charge in [-0.25, -0.2) is 23.8 Å². The number of rotatable bonds is 11. The van der Waals surface area contributed by atoms with Gasteiger partial charge < -0.3 is 19.7 Å². The third-order valence-electron chi connectivity index (χ3n) is 6.07. The van der Waals surface area contributed by atoms with Gasteiger partial charge in [0, 0.05) is 58.3 Å². The van der Waals surface area contributed by atoms with Crippen LogP contribution in [0.4, 0.5) is 32.3 Å². The molecular formula is C20H29F6N7O5S. The van der Waals surface area contributed by atoms with Crippen molar-refractivity contribution in [2.24, 2.45) is 5.92 Å². The monoisotopic (exact) mass is 593 g/mol. The van der Waals surface area contributed by atoms with Gasteiger partial charge in [-0.1, -0.05) is 0 Å². The van der Waals surface area contributed by atoms with Crippen LogP contribution >= 0.6 is 0 Å². The molecule has 0 radical (unpaired) electrons. The molecule has 39 heavy (non-hydrogen) atoms. The summed E-state index contributed by atoms with van der Waals surface area (Å²) in [7, 11) is -2.42. The molecule has 1 aromatic heterocycles. The van der Waals surface area contributed by atoms with Gasteiger partial charge in [-0.3, -0.25) is 10.2 Å². The molecule has 0 spiro atoms. The Morgan fingerprint density at radius 2 is 1.74 bits per heavy atom. The number of anilines is 1. The van der Waals surface area contributed by atoms with Crippen LogP contribution in [0, 0.1) is 5.92 Å². The second kappa shape index (κ2) is 12.9. The fourth-order valence-electron chi connectivity index (χ4n) is 4.12. The highest BCUT2D eigenvalue weighted by Gasteiger charge is 2.51. The first-order chi connectivity index (χ1) is 18.2. The Balaban J connectivity index is 1.46. The van der Waals surface area contributed by atoms with Gasteiger partial charge in [0.15, 0.2) is 5.92 Å². The molecule has 1 aromatic rings. The number of nitrogens with one attached hydrogen (secondary N) is 3. The maximum absolute atomic E-state index is 13.4. The summed E-state index contributed by atoms with van der Waals surface area (Å²) in [5, 5.41) is 2.70. The largest absolute Gasteiger partial charge is 0.419 e. The van der Waals surface area contributed by atoms with Crippen LogP contribution < -0.4 is 21.1 Å². The Morgan fingerprint density at radius 1 is 1.10 bits per heavy atom. The summed E-state index contributed by atoms with van der Waals surface area (Å²) >= 11 is 0. The van der Waals surface area contributed by atoms with Gasteiger partial charge >= 0.3 is 12.4 Å². The highest BCUT2D eigenvalue weighted by Crippen LogP contribution is 2.30. The molecule has 3 N–H and O–H groups in total. The second-order valence-corrected chi connectivity index (χ2v) is 10.9. The molecule has 19 heteroatoms. The van der Waals surface area contributed by atoms with Crippen molar-refractivity contribution in [3.63, 3.8) is 0 Å². The molecule has 2 unspecified atom stereocenters. The molecule has 12 nitrogen and oxygen atoms in total. The van der Waals surface area contributed by atoms with Gasteiger partial charge in [-0.2, -0.15) is 30.6 Å². The number of piperazine rings is 1. The number of hydrogen-bond acceptors (Lipinski definition) is 10. The number of carbonyl (C=O) groups is 1. The van der Waals surface area contributed by atoms with Crippen molar-refractivity contribution in [2.75, 3.05) is 70.3 Å². The predicted molar refractivity (Wildman–Crippen MR) is 124 cm³/mol. The van der Waals surface area contributed by atoms with Gasteiger partial charge in [0.1, 0.15) is 0 Å². The molecule has 222 valence electrons. The van der Waals surface area contributed by atoms with Gasteiger partial charge in [-0.15, -0.1) is 0 Å². The fraction of sp³-hybridized carbons (Fsp3) is 0.750. The molecule has 2 fully saturated rings. The summed E-state index contributed by atoms with van der Waals surface area (Å²) in [5.41, 5.74) is 3.37. The predicted octanol–water partition coefficient (Wildman–Crippen LogP) is -0.250. The summed E-state index contributed by atoms with van der Waals surface area (Å²) in [4.78, 5) is 20.7. The Morgan fingerprint density at radius 3 is 2.31 bits per heavy atom. The van der Waals surface area contributed by atoms with E-state index in [0.29, 0.717) is 12.4 Å². The zero-order chi connectivity index (χ0) is 28.8. The van der Waals surface area contributed by atoms with E-state index < -0.39 is 57.6 Å². The second-order valence-electron chi connectivity index (χ2n) is 8.86. The number of hydrogen-bond donors (Lipinski definition) is 3. The highest BCUT2D eigenvalue weighted by molar-refractivity contribution is 7.89. The van der Waals surface area contributed by atoms with Crippen LogP contribution in [0.15, 0.2) is 12.4 Å². The number of sulfonamides is 1.